The first kappa shape index (κ1) is 11.2. The van der Waals surface area contributed by atoms with E-state index in [9.17, 15) is 4.79 Å². The predicted molar refractivity (Wildman–Crippen MR) is 58.6 cm³/mol. The Morgan fingerprint density at radius 1 is 1.73 bits per heavy atom. The topological polar surface area (TPSA) is 65.2 Å². The molecule has 0 aliphatic carbocycles. The molecule has 80 valence electrons. The van der Waals surface area contributed by atoms with Gasteiger partial charge in [-0.15, -0.1) is 6.58 Å². The van der Waals surface area contributed by atoms with Gasteiger partial charge in [0.25, 0.3) is 0 Å². The Hall–Kier alpha value is -1.84. The summed E-state index contributed by atoms with van der Waals surface area (Å²) in [5.74, 6) is -0.249. The number of methoxy groups -OCH3 is 1. The molecule has 0 saturated heterocycles. The normalized spacial score (nSPS) is 9.73. The standard InChI is InChI=1S/C11H14N2O2/c1-4-5-8-6-7(2)9(10(12)13-8)11(14)15-3/h4,6H,1,5H2,2-3H3,(H2,12,13). The van der Waals surface area contributed by atoms with E-state index in [1.54, 1.807) is 13.0 Å². The molecule has 1 rings (SSSR count). The number of aryl methyl sites for hydroxylation is 1. The molecule has 0 aliphatic rings. The van der Waals surface area contributed by atoms with Crippen LogP contribution in [0.2, 0.25) is 0 Å². The first-order valence-electron chi connectivity index (χ1n) is 4.55. The molecular formula is C11H14N2O2. The second-order valence-electron chi connectivity index (χ2n) is 3.18. The molecule has 1 aromatic rings. The molecule has 2 N–H and O–H groups in total. The number of nitrogens with two attached hydrogens (primary N) is 1. The summed E-state index contributed by atoms with van der Waals surface area (Å²) in [6.45, 7) is 5.42. The average molecular weight is 206 g/mol. The molecule has 0 aliphatic heterocycles. The van der Waals surface area contributed by atoms with Gasteiger partial charge < -0.3 is 10.5 Å². The van der Waals surface area contributed by atoms with Crippen molar-refractivity contribution in [2.75, 3.05) is 12.8 Å². The van der Waals surface area contributed by atoms with Crippen molar-refractivity contribution in [1.82, 2.24) is 4.98 Å². The lowest BCUT2D eigenvalue weighted by atomic mass is 10.1. The second kappa shape index (κ2) is 4.59. The summed E-state index contributed by atoms with van der Waals surface area (Å²) in [6.07, 6.45) is 2.37. The van der Waals surface area contributed by atoms with E-state index in [1.165, 1.54) is 7.11 Å². The van der Waals surface area contributed by atoms with Crippen molar-refractivity contribution < 1.29 is 9.53 Å². The molecule has 4 heteroatoms. The lowest BCUT2D eigenvalue weighted by Crippen LogP contribution is -2.11. The number of hydrogen-bond acceptors (Lipinski definition) is 4. The minimum Gasteiger partial charge on any atom is -0.465 e. The number of allylic oxidation sites excluding steroid dienone is 1. The summed E-state index contributed by atoms with van der Waals surface area (Å²) >= 11 is 0. The predicted octanol–water partition coefficient (Wildman–Crippen LogP) is 1.49. The van der Waals surface area contributed by atoms with E-state index in [2.05, 4.69) is 16.3 Å². The number of ether oxygens (including phenoxy) is 1. The Morgan fingerprint density at radius 3 is 2.87 bits per heavy atom. The smallest absolute Gasteiger partial charge is 0.341 e. The van der Waals surface area contributed by atoms with Crippen LogP contribution in [0.15, 0.2) is 18.7 Å². The summed E-state index contributed by atoms with van der Waals surface area (Å²) in [5, 5.41) is 0. The summed E-state index contributed by atoms with van der Waals surface area (Å²) < 4.78 is 4.62. The van der Waals surface area contributed by atoms with Crippen LogP contribution < -0.4 is 5.73 Å². The first-order valence-corrected chi connectivity index (χ1v) is 4.55. The molecule has 15 heavy (non-hydrogen) atoms. The number of carbonyl (C=O) groups excluding carboxylic acids is 1. The van der Waals surface area contributed by atoms with E-state index in [-0.39, 0.29) is 5.82 Å². The number of nitrogen functional groups attached to an aromatic ring is 1. The lowest BCUT2D eigenvalue weighted by Gasteiger charge is -2.08. The van der Waals surface area contributed by atoms with Crippen LogP contribution in [0.1, 0.15) is 21.6 Å². The summed E-state index contributed by atoms with van der Waals surface area (Å²) in [5.41, 5.74) is 7.59. The van der Waals surface area contributed by atoms with Gasteiger partial charge in [-0.1, -0.05) is 6.08 Å². The zero-order valence-corrected chi connectivity index (χ0v) is 8.91. The zero-order chi connectivity index (χ0) is 11.4. The fraction of sp³-hybridized carbons (Fsp3) is 0.273. The van der Waals surface area contributed by atoms with Gasteiger partial charge in [-0.25, -0.2) is 9.78 Å². The van der Waals surface area contributed by atoms with Crippen LogP contribution in [0.4, 0.5) is 5.82 Å². The van der Waals surface area contributed by atoms with Crippen molar-refractivity contribution in [3.8, 4) is 0 Å². The number of esters is 1. The molecular weight excluding hydrogens is 192 g/mol. The molecule has 0 aromatic carbocycles. The van der Waals surface area contributed by atoms with Gasteiger partial charge in [0.05, 0.1) is 7.11 Å². The molecule has 0 bridgehead atoms. The molecule has 0 amide bonds. The van der Waals surface area contributed by atoms with Gasteiger partial charge in [0.2, 0.25) is 0 Å². The zero-order valence-electron chi connectivity index (χ0n) is 8.91. The number of nitrogens with zero attached hydrogens (tertiary/aromatic N) is 1. The number of carbonyl (C=O) groups is 1. The third-order valence-electron chi connectivity index (χ3n) is 2.04. The van der Waals surface area contributed by atoms with Crippen LogP contribution in [0, 0.1) is 6.92 Å². The maximum atomic E-state index is 11.4. The molecule has 1 heterocycles. The van der Waals surface area contributed by atoms with Crippen molar-refractivity contribution in [3.05, 3.63) is 35.5 Å². The average Bonchev–Trinajstić information content (AvgIpc) is 2.16. The van der Waals surface area contributed by atoms with E-state index >= 15 is 0 Å². The van der Waals surface area contributed by atoms with E-state index in [0.29, 0.717) is 12.0 Å². The van der Waals surface area contributed by atoms with Gasteiger partial charge in [-0.3, -0.25) is 0 Å². The maximum Gasteiger partial charge on any atom is 0.341 e. The summed E-state index contributed by atoms with van der Waals surface area (Å²) in [6, 6.07) is 1.81. The second-order valence-corrected chi connectivity index (χ2v) is 3.18. The molecule has 0 fully saturated rings. The lowest BCUT2D eigenvalue weighted by molar-refractivity contribution is 0.0601. The largest absolute Gasteiger partial charge is 0.465 e. The monoisotopic (exact) mass is 206 g/mol. The quantitative estimate of drug-likeness (QED) is 0.601. The number of hydrogen-bond donors (Lipinski definition) is 1. The number of rotatable bonds is 3. The molecule has 0 saturated carbocycles. The Labute approximate surface area is 88.8 Å². The Balaban J connectivity index is 3.20. The highest BCUT2D eigenvalue weighted by Crippen LogP contribution is 2.17. The van der Waals surface area contributed by atoms with E-state index < -0.39 is 5.97 Å². The van der Waals surface area contributed by atoms with E-state index in [0.717, 1.165) is 11.3 Å². The van der Waals surface area contributed by atoms with Crippen LogP contribution in [-0.2, 0) is 11.2 Å². The van der Waals surface area contributed by atoms with Crippen molar-refractivity contribution in [2.24, 2.45) is 0 Å². The van der Waals surface area contributed by atoms with Gasteiger partial charge in [-0.05, 0) is 18.6 Å². The summed E-state index contributed by atoms with van der Waals surface area (Å²) in [7, 11) is 1.32. The molecule has 0 spiro atoms. The van der Waals surface area contributed by atoms with Crippen LogP contribution >= 0.6 is 0 Å². The van der Waals surface area contributed by atoms with Gasteiger partial charge >= 0.3 is 5.97 Å². The van der Waals surface area contributed by atoms with Crippen molar-refractivity contribution in [1.29, 1.82) is 0 Å². The molecule has 0 radical (unpaired) electrons. The van der Waals surface area contributed by atoms with E-state index in [1.807, 2.05) is 6.07 Å². The van der Waals surface area contributed by atoms with Crippen LogP contribution in [-0.4, -0.2) is 18.1 Å². The van der Waals surface area contributed by atoms with Crippen molar-refractivity contribution >= 4 is 11.8 Å². The van der Waals surface area contributed by atoms with Gasteiger partial charge in [0.15, 0.2) is 0 Å². The van der Waals surface area contributed by atoms with Crippen molar-refractivity contribution in [2.45, 2.75) is 13.3 Å². The highest BCUT2D eigenvalue weighted by molar-refractivity contribution is 5.95. The Morgan fingerprint density at radius 2 is 2.40 bits per heavy atom. The third-order valence-corrected chi connectivity index (χ3v) is 2.04. The fourth-order valence-electron chi connectivity index (χ4n) is 1.39. The van der Waals surface area contributed by atoms with Gasteiger partial charge in [-0.2, -0.15) is 0 Å². The van der Waals surface area contributed by atoms with Gasteiger partial charge in [0.1, 0.15) is 11.4 Å². The molecule has 4 nitrogen and oxygen atoms in total. The van der Waals surface area contributed by atoms with Gasteiger partial charge in [0, 0.05) is 12.1 Å². The minimum absolute atomic E-state index is 0.207. The van der Waals surface area contributed by atoms with Crippen molar-refractivity contribution in [3.63, 3.8) is 0 Å². The minimum atomic E-state index is -0.456. The SMILES string of the molecule is C=CCc1cc(C)c(C(=O)OC)c(N)n1. The first-order chi connectivity index (χ1) is 7.10. The Bertz CT molecular complexity index is 377. The Kier molecular flexibility index (Phi) is 3.44. The van der Waals surface area contributed by atoms with Crippen LogP contribution in [0.25, 0.3) is 0 Å². The number of pyridine rings is 1. The summed E-state index contributed by atoms with van der Waals surface area (Å²) in [4.78, 5) is 15.5. The van der Waals surface area contributed by atoms with Crippen LogP contribution in [0.3, 0.4) is 0 Å². The number of aromatic nitrogens is 1. The van der Waals surface area contributed by atoms with Crippen LogP contribution in [0.5, 0.6) is 0 Å². The van der Waals surface area contributed by atoms with E-state index in [4.69, 9.17) is 5.73 Å². The molecule has 0 unspecified atom stereocenters. The maximum absolute atomic E-state index is 11.4. The number of anilines is 1. The fourth-order valence-corrected chi connectivity index (χ4v) is 1.39. The highest BCUT2D eigenvalue weighted by Gasteiger charge is 2.15. The molecule has 0 atom stereocenters. The third kappa shape index (κ3) is 2.34. The highest BCUT2D eigenvalue weighted by atomic mass is 16.5. The molecule has 1 aromatic heterocycles.